The van der Waals surface area contributed by atoms with Gasteiger partial charge in [-0.3, -0.25) is 0 Å². The summed E-state index contributed by atoms with van der Waals surface area (Å²) in [5.41, 5.74) is 1.64. The Labute approximate surface area is 187 Å². The Morgan fingerprint density at radius 2 is 1.79 bits per heavy atom. The molecule has 0 amide bonds. The normalized spacial score (nSPS) is 14.4. The van der Waals surface area contributed by atoms with Crippen LogP contribution in [0.1, 0.15) is 12.8 Å². The van der Waals surface area contributed by atoms with Crippen LogP contribution in [-0.4, -0.2) is 47.9 Å². The standard InChI is InChI=1S/C22H21F4N5O2/c1-32-20-18(10-14(11-27-20)13-2-4-16(5-3-13)33-21(25)26)29-19-17(24)12-28-22(30-19)31-8-6-15(23)7-9-31/h2-5,10-12,15,21H,6-9H2,1H3,(H,28,29,30). The zero-order chi connectivity index (χ0) is 23.4. The fourth-order valence-corrected chi connectivity index (χ4v) is 3.46. The van der Waals surface area contributed by atoms with Gasteiger partial charge in [0.25, 0.3) is 0 Å². The van der Waals surface area contributed by atoms with Crippen molar-refractivity contribution in [2.24, 2.45) is 0 Å². The highest BCUT2D eigenvalue weighted by atomic mass is 19.3. The largest absolute Gasteiger partial charge is 0.480 e. The molecule has 0 radical (unpaired) electrons. The number of piperidine rings is 1. The Balaban J connectivity index is 1.59. The molecule has 11 heteroatoms. The van der Waals surface area contributed by atoms with Gasteiger partial charge in [0.15, 0.2) is 11.6 Å². The van der Waals surface area contributed by atoms with Crippen LogP contribution >= 0.6 is 0 Å². The Morgan fingerprint density at radius 1 is 1.06 bits per heavy atom. The quantitative estimate of drug-likeness (QED) is 0.496. The number of aromatic nitrogens is 3. The van der Waals surface area contributed by atoms with E-state index in [-0.39, 0.29) is 17.4 Å². The van der Waals surface area contributed by atoms with Gasteiger partial charge in [-0.15, -0.1) is 0 Å². The number of anilines is 3. The van der Waals surface area contributed by atoms with E-state index in [0.717, 1.165) is 6.20 Å². The maximum Gasteiger partial charge on any atom is 0.387 e. The van der Waals surface area contributed by atoms with Gasteiger partial charge in [0, 0.05) is 24.8 Å². The molecule has 4 rings (SSSR count). The minimum absolute atomic E-state index is 0.0287. The molecule has 1 fully saturated rings. The van der Waals surface area contributed by atoms with Gasteiger partial charge < -0.3 is 19.7 Å². The van der Waals surface area contributed by atoms with E-state index in [0.29, 0.717) is 48.7 Å². The number of methoxy groups -OCH3 is 1. The number of ether oxygens (including phenoxy) is 2. The van der Waals surface area contributed by atoms with Crippen LogP contribution in [0.3, 0.4) is 0 Å². The van der Waals surface area contributed by atoms with E-state index >= 15 is 0 Å². The Hall–Kier alpha value is -3.63. The Bertz CT molecular complexity index is 1090. The van der Waals surface area contributed by atoms with Crippen molar-refractivity contribution in [1.29, 1.82) is 0 Å². The summed E-state index contributed by atoms with van der Waals surface area (Å²) in [5, 5.41) is 2.89. The molecule has 7 nitrogen and oxygen atoms in total. The number of nitrogens with one attached hydrogen (secondary N) is 1. The summed E-state index contributed by atoms with van der Waals surface area (Å²) in [4.78, 5) is 14.3. The molecule has 0 spiro atoms. The summed E-state index contributed by atoms with van der Waals surface area (Å²) in [6.07, 6.45) is 2.47. The molecule has 174 valence electrons. The van der Waals surface area contributed by atoms with Crippen LogP contribution in [0, 0.1) is 5.82 Å². The highest BCUT2D eigenvalue weighted by molar-refractivity contribution is 5.72. The van der Waals surface area contributed by atoms with Crippen LogP contribution < -0.4 is 19.7 Å². The maximum atomic E-state index is 14.5. The van der Waals surface area contributed by atoms with Crippen molar-refractivity contribution in [3.63, 3.8) is 0 Å². The lowest BCUT2D eigenvalue weighted by Crippen LogP contribution is -2.35. The highest BCUT2D eigenvalue weighted by Crippen LogP contribution is 2.32. The number of hydrogen-bond acceptors (Lipinski definition) is 7. The molecule has 2 aromatic heterocycles. The van der Waals surface area contributed by atoms with Gasteiger partial charge in [0.05, 0.1) is 13.3 Å². The molecule has 0 atom stereocenters. The summed E-state index contributed by atoms with van der Waals surface area (Å²) in [5.74, 6) is -0.237. The van der Waals surface area contributed by atoms with Crippen LogP contribution in [0.2, 0.25) is 0 Å². The first-order chi connectivity index (χ1) is 15.9. The smallest absolute Gasteiger partial charge is 0.387 e. The number of hydrogen-bond donors (Lipinski definition) is 1. The lowest BCUT2D eigenvalue weighted by Gasteiger charge is -2.28. The molecule has 0 saturated carbocycles. The molecule has 0 unspecified atom stereocenters. The number of halogens is 4. The lowest BCUT2D eigenvalue weighted by atomic mass is 10.1. The van der Waals surface area contributed by atoms with Crippen molar-refractivity contribution in [2.75, 3.05) is 30.4 Å². The van der Waals surface area contributed by atoms with Crippen molar-refractivity contribution < 1.29 is 27.0 Å². The van der Waals surface area contributed by atoms with Crippen molar-refractivity contribution >= 4 is 17.5 Å². The molecule has 1 aliphatic rings. The summed E-state index contributed by atoms with van der Waals surface area (Å²) in [6.45, 7) is -2.03. The first-order valence-electron chi connectivity index (χ1n) is 10.2. The number of alkyl halides is 3. The molecule has 0 bridgehead atoms. The van der Waals surface area contributed by atoms with Crippen LogP contribution in [0.4, 0.5) is 35.0 Å². The zero-order valence-corrected chi connectivity index (χ0v) is 17.6. The molecule has 3 aromatic rings. The summed E-state index contributed by atoms with van der Waals surface area (Å²) < 4.78 is 62.3. The third-order valence-corrected chi connectivity index (χ3v) is 5.15. The molecular formula is C22H21F4N5O2. The number of benzene rings is 1. The number of pyridine rings is 1. The number of rotatable bonds is 7. The maximum absolute atomic E-state index is 14.5. The lowest BCUT2D eigenvalue weighted by molar-refractivity contribution is -0.0498. The fraction of sp³-hybridized carbons (Fsp3) is 0.318. The SMILES string of the molecule is COc1ncc(-c2ccc(OC(F)F)cc2)cc1Nc1nc(N2CCC(F)CC2)ncc1F. The van der Waals surface area contributed by atoms with Gasteiger partial charge >= 0.3 is 6.61 Å². The summed E-state index contributed by atoms with van der Waals surface area (Å²) >= 11 is 0. The average Bonchev–Trinajstić information content (AvgIpc) is 2.81. The fourth-order valence-electron chi connectivity index (χ4n) is 3.46. The molecule has 0 aliphatic carbocycles. The van der Waals surface area contributed by atoms with E-state index < -0.39 is 18.6 Å². The topological polar surface area (TPSA) is 72.4 Å². The van der Waals surface area contributed by atoms with Crippen molar-refractivity contribution in [3.8, 4) is 22.8 Å². The van der Waals surface area contributed by atoms with E-state index in [9.17, 15) is 17.6 Å². The van der Waals surface area contributed by atoms with Crippen molar-refractivity contribution in [2.45, 2.75) is 25.6 Å². The molecule has 1 N–H and O–H groups in total. The second-order valence-electron chi connectivity index (χ2n) is 7.34. The Kier molecular flexibility index (Phi) is 6.76. The van der Waals surface area contributed by atoms with E-state index in [4.69, 9.17) is 4.74 Å². The molecule has 1 saturated heterocycles. The molecule has 3 heterocycles. The molecule has 1 aliphatic heterocycles. The van der Waals surface area contributed by atoms with Crippen LogP contribution in [0.15, 0.2) is 42.7 Å². The van der Waals surface area contributed by atoms with Gasteiger partial charge in [0.2, 0.25) is 11.8 Å². The first kappa shape index (κ1) is 22.6. The second-order valence-corrected chi connectivity index (χ2v) is 7.34. The molecular weight excluding hydrogens is 442 g/mol. The molecule has 1 aromatic carbocycles. The number of nitrogens with zero attached hydrogens (tertiary/aromatic N) is 4. The van der Waals surface area contributed by atoms with Crippen molar-refractivity contribution in [3.05, 3.63) is 48.5 Å². The predicted molar refractivity (Wildman–Crippen MR) is 114 cm³/mol. The first-order valence-corrected chi connectivity index (χ1v) is 10.2. The van der Waals surface area contributed by atoms with Gasteiger partial charge in [-0.1, -0.05) is 12.1 Å². The van der Waals surface area contributed by atoms with E-state index in [1.807, 2.05) is 0 Å². The van der Waals surface area contributed by atoms with Crippen LogP contribution in [-0.2, 0) is 0 Å². The predicted octanol–water partition coefficient (Wildman–Crippen LogP) is 4.97. The highest BCUT2D eigenvalue weighted by Gasteiger charge is 2.22. The van der Waals surface area contributed by atoms with Crippen LogP contribution in [0.25, 0.3) is 11.1 Å². The van der Waals surface area contributed by atoms with Crippen LogP contribution in [0.5, 0.6) is 11.6 Å². The Morgan fingerprint density at radius 3 is 2.45 bits per heavy atom. The second kappa shape index (κ2) is 9.88. The zero-order valence-electron chi connectivity index (χ0n) is 17.6. The molecule has 33 heavy (non-hydrogen) atoms. The summed E-state index contributed by atoms with van der Waals surface area (Å²) in [6, 6.07) is 7.70. The van der Waals surface area contributed by atoms with Gasteiger partial charge in [-0.05, 0) is 36.6 Å². The third kappa shape index (κ3) is 5.41. The average molecular weight is 463 g/mol. The minimum atomic E-state index is -2.91. The van der Waals surface area contributed by atoms with E-state index in [1.165, 1.54) is 25.4 Å². The third-order valence-electron chi connectivity index (χ3n) is 5.15. The van der Waals surface area contributed by atoms with Gasteiger partial charge in [-0.2, -0.15) is 13.8 Å². The monoisotopic (exact) mass is 463 g/mol. The van der Waals surface area contributed by atoms with Gasteiger partial charge in [-0.25, -0.2) is 18.7 Å². The van der Waals surface area contributed by atoms with Gasteiger partial charge in [0.1, 0.15) is 17.6 Å². The summed E-state index contributed by atoms with van der Waals surface area (Å²) in [7, 11) is 1.42. The van der Waals surface area contributed by atoms with E-state index in [2.05, 4.69) is 25.0 Å². The van der Waals surface area contributed by atoms with E-state index in [1.54, 1.807) is 23.1 Å². The minimum Gasteiger partial charge on any atom is -0.480 e. The van der Waals surface area contributed by atoms with Crippen molar-refractivity contribution in [1.82, 2.24) is 15.0 Å².